The Morgan fingerprint density at radius 1 is 1.29 bits per heavy atom. The van der Waals surface area contributed by atoms with Crippen LogP contribution in [0, 0.1) is 0 Å². The van der Waals surface area contributed by atoms with E-state index >= 15 is 0 Å². The summed E-state index contributed by atoms with van der Waals surface area (Å²) in [4.78, 5) is 2.56. The van der Waals surface area contributed by atoms with Gasteiger partial charge in [0, 0.05) is 18.0 Å². The fourth-order valence-electron chi connectivity index (χ4n) is 3.23. The number of benzene rings is 1. The van der Waals surface area contributed by atoms with Crippen molar-refractivity contribution in [1.82, 2.24) is 4.90 Å². The van der Waals surface area contributed by atoms with Crippen LogP contribution in [0.3, 0.4) is 0 Å². The predicted octanol–water partition coefficient (Wildman–Crippen LogP) is 2.42. The SMILES string of the molecule is CC1CC2c3ccccc3CC2N1C. The third-order valence-electron chi connectivity index (χ3n) is 4.16. The van der Waals surface area contributed by atoms with Crippen LogP contribution in [0.5, 0.6) is 0 Å². The molecule has 0 saturated carbocycles. The Morgan fingerprint density at radius 2 is 2.07 bits per heavy atom. The second kappa shape index (κ2) is 2.83. The molecule has 0 amide bonds. The summed E-state index contributed by atoms with van der Waals surface area (Å²) in [5, 5.41) is 0. The van der Waals surface area contributed by atoms with Crippen molar-refractivity contribution < 1.29 is 0 Å². The van der Waals surface area contributed by atoms with Crippen molar-refractivity contribution in [3.8, 4) is 0 Å². The van der Waals surface area contributed by atoms with Crippen LogP contribution in [0.15, 0.2) is 24.3 Å². The van der Waals surface area contributed by atoms with Gasteiger partial charge in [-0.2, -0.15) is 0 Å². The van der Waals surface area contributed by atoms with E-state index in [1.807, 2.05) is 0 Å². The van der Waals surface area contributed by atoms with E-state index in [9.17, 15) is 0 Å². The third-order valence-corrected chi connectivity index (χ3v) is 4.16. The van der Waals surface area contributed by atoms with Crippen LogP contribution < -0.4 is 0 Å². The van der Waals surface area contributed by atoms with Gasteiger partial charge < -0.3 is 0 Å². The summed E-state index contributed by atoms with van der Waals surface area (Å²) in [7, 11) is 2.28. The van der Waals surface area contributed by atoms with Gasteiger partial charge in [-0.25, -0.2) is 0 Å². The molecule has 1 aliphatic carbocycles. The van der Waals surface area contributed by atoms with Crippen molar-refractivity contribution in [3.05, 3.63) is 35.4 Å². The lowest BCUT2D eigenvalue weighted by molar-refractivity contribution is 0.252. The molecule has 0 N–H and O–H groups in total. The van der Waals surface area contributed by atoms with Crippen LogP contribution in [0.1, 0.15) is 30.4 Å². The predicted molar refractivity (Wildman–Crippen MR) is 58.5 cm³/mol. The molecule has 3 unspecified atom stereocenters. The van der Waals surface area contributed by atoms with Gasteiger partial charge in [0.2, 0.25) is 0 Å². The number of likely N-dealkylation sites (tertiary alicyclic amines) is 1. The van der Waals surface area contributed by atoms with E-state index in [2.05, 4.69) is 43.1 Å². The lowest BCUT2D eigenvalue weighted by Crippen LogP contribution is -2.31. The molecule has 74 valence electrons. The summed E-state index contributed by atoms with van der Waals surface area (Å²) in [5.74, 6) is 0.811. The molecule has 1 aromatic carbocycles. The number of nitrogens with zero attached hydrogens (tertiary/aromatic N) is 1. The Hall–Kier alpha value is -0.820. The van der Waals surface area contributed by atoms with E-state index in [1.54, 1.807) is 11.1 Å². The molecule has 1 heterocycles. The second-order valence-corrected chi connectivity index (χ2v) is 4.83. The molecule has 1 saturated heterocycles. The van der Waals surface area contributed by atoms with E-state index < -0.39 is 0 Å². The van der Waals surface area contributed by atoms with E-state index in [0.29, 0.717) is 0 Å². The van der Waals surface area contributed by atoms with E-state index in [-0.39, 0.29) is 0 Å². The molecule has 1 aromatic rings. The Morgan fingerprint density at radius 3 is 2.93 bits per heavy atom. The van der Waals surface area contributed by atoms with Gasteiger partial charge in [0.05, 0.1) is 0 Å². The molecular weight excluding hydrogens is 170 g/mol. The van der Waals surface area contributed by atoms with Gasteiger partial charge in [0.1, 0.15) is 0 Å². The molecule has 1 aliphatic heterocycles. The molecule has 3 atom stereocenters. The van der Waals surface area contributed by atoms with Gasteiger partial charge >= 0.3 is 0 Å². The molecule has 1 fully saturated rings. The molecule has 14 heavy (non-hydrogen) atoms. The molecule has 3 rings (SSSR count). The summed E-state index contributed by atoms with van der Waals surface area (Å²) in [6, 6.07) is 10.5. The molecule has 1 nitrogen and oxygen atoms in total. The monoisotopic (exact) mass is 187 g/mol. The Labute approximate surface area is 85.7 Å². The summed E-state index contributed by atoms with van der Waals surface area (Å²) < 4.78 is 0. The van der Waals surface area contributed by atoms with Gasteiger partial charge in [0.15, 0.2) is 0 Å². The van der Waals surface area contributed by atoms with Crippen LogP contribution in [-0.4, -0.2) is 24.0 Å². The number of rotatable bonds is 0. The Balaban J connectivity index is 2.02. The van der Waals surface area contributed by atoms with Crippen LogP contribution in [0.4, 0.5) is 0 Å². The first-order valence-corrected chi connectivity index (χ1v) is 5.57. The average molecular weight is 187 g/mol. The molecule has 0 spiro atoms. The van der Waals surface area contributed by atoms with Gasteiger partial charge in [-0.15, -0.1) is 0 Å². The second-order valence-electron chi connectivity index (χ2n) is 4.83. The van der Waals surface area contributed by atoms with E-state index in [4.69, 9.17) is 0 Å². The minimum atomic E-state index is 0.762. The molecule has 0 bridgehead atoms. The highest BCUT2D eigenvalue weighted by molar-refractivity contribution is 5.39. The van der Waals surface area contributed by atoms with Crippen molar-refractivity contribution in [2.75, 3.05) is 7.05 Å². The number of likely N-dealkylation sites (N-methyl/N-ethyl adjacent to an activating group) is 1. The first kappa shape index (κ1) is 8.49. The van der Waals surface area contributed by atoms with E-state index in [1.165, 1.54) is 12.8 Å². The summed E-state index contributed by atoms with van der Waals surface area (Å²) in [6.07, 6.45) is 2.61. The lowest BCUT2D eigenvalue weighted by Gasteiger charge is -2.21. The maximum atomic E-state index is 2.56. The van der Waals surface area contributed by atoms with Crippen LogP contribution in [0.2, 0.25) is 0 Å². The standard InChI is InChI=1S/C13H17N/c1-9-7-12-11-6-4-3-5-10(11)8-13(12)14(9)2/h3-6,9,12-13H,7-8H2,1-2H3. The van der Waals surface area contributed by atoms with Crippen molar-refractivity contribution in [2.24, 2.45) is 0 Å². The minimum absolute atomic E-state index is 0.762. The fourth-order valence-corrected chi connectivity index (χ4v) is 3.23. The summed E-state index contributed by atoms with van der Waals surface area (Å²) in [6.45, 7) is 2.35. The normalized spacial score (nSPS) is 35.7. The number of fused-ring (bicyclic) bond motifs is 3. The molecule has 0 radical (unpaired) electrons. The van der Waals surface area contributed by atoms with Crippen molar-refractivity contribution >= 4 is 0 Å². The van der Waals surface area contributed by atoms with Crippen LogP contribution in [-0.2, 0) is 6.42 Å². The highest BCUT2D eigenvalue weighted by Gasteiger charge is 2.42. The quantitative estimate of drug-likeness (QED) is 0.603. The molecule has 2 aliphatic rings. The smallest absolute Gasteiger partial charge is 0.0205 e. The average Bonchev–Trinajstić information content (AvgIpc) is 2.67. The van der Waals surface area contributed by atoms with Crippen molar-refractivity contribution in [3.63, 3.8) is 0 Å². The Kier molecular flexibility index (Phi) is 1.72. The zero-order valence-electron chi connectivity index (χ0n) is 8.90. The summed E-state index contributed by atoms with van der Waals surface area (Å²) >= 11 is 0. The molecule has 0 aromatic heterocycles. The van der Waals surface area contributed by atoms with E-state index in [0.717, 1.165) is 18.0 Å². The maximum Gasteiger partial charge on any atom is 0.0205 e. The molecular formula is C13H17N. The van der Waals surface area contributed by atoms with Gasteiger partial charge in [-0.3, -0.25) is 4.90 Å². The zero-order valence-corrected chi connectivity index (χ0v) is 8.90. The third kappa shape index (κ3) is 0.992. The van der Waals surface area contributed by atoms with Gasteiger partial charge in [0.25, 0.3) is 0 Å². The van der Waals surface area contributed by atoms with Gasteiger partial charge in [-0.1, -0.05) is 24.3 Å². The lowest BCUT2D eigenvalue weighted by atomic mass is 9.97. The topological polar surface area (TPSA) is 3.24 Å². The first-order valence-electron chi connectivity index (χ1n) is 5.57. The van der Waals surface area contributed by atoms with Crippen LogP contribution in [0.25, 0.3) is 0 Å². The molecule has 1 heteroatoms. The number of hydrogen-bond acceptors (Lipinski definition) is 1. The highest BCUT2D eigenvalue weighted by Crippen LogP contribution is 2.44. The largest absolute Gasteiger partial charge is 0.300 e. The fraction of sp³-hybridized carbons (Fsp3) is 0.538. The maximum absolute atomic E-state index is 2.56. The first-order chi connectivity index (χ1) is 6.77. The number of hydrogen-bond donors (Lipinski definition) is 0. The highest BCUT2D eigenvalue weighted by atomic mass is 15.2. The van der Waals surface area contributed by atoms with Gasteiger partial charge in [-0.05, 0) is 37.9 Å². The van der Waals surface area contributed by atoms with Crippen molar-refractivity contribution in [2.45, 2.75) is 37.8 Å². The Bertz CT molecular complexity index is 358. The minimum Gasteiger partial charge on any atom is -0.300 e. The summed E-state index contributed by atoms with van der Waals surface area (Å²) in [5.41, 5.74) is 3.20. The van der Waals surface area contributed by atoms with Crippen LogP contribution >= 0.6 is 0 Å². The van der Waals surface area contributed by atoms with Crippen molar-refractivity contribution in [1.29, 1.82) is 0 Å². The zero-order chi connectivity index (χ0) is 9.71.